The zero-order chi connectivity index (χ0) is 20.6. The van der Waals surface area contributed by atoms with Crippen molar-refractivity contribution in [3.05, 3.63) is 51.7 Å². The third-order valence-corrected chi connectivity index (χ3v) is 5.52. The number of ether oxygens (including phenoxy) is 1. The lowest BCUT2D eigenvalue weighted by Gasteiger charge is -2.09. The van der Waals surface area contributed by atoms with Crippen molar-refractivity contribution < 1.29 is 27.1 Å². The number of hydrogen-bond donors (Lipinski definition) is 1. The predicted molar refractivity (Wildman–Crippen MR) is 99.9 cm³/mol. The topological polar surface area (TPSA) is 77.2 Å². The number of carbonyl (C=O) groups is 1. The maximum absolute atomic E-state index is 12.9. The highest BCUT2D eigenvalue weighted by molar-refractivity contribution is 7.15. The van der Waals surface area contributed by atoms with Gasteiger partial charge in [-0.25, -0.2) is 0 Å². The first kappa shape index (κ1) is 19.9. The van der Waals surface area contributed by atoms with Crippen LogP contribution in [0.5, 0.6) is 0 Å². The highest BCUT2D eigenvalue weighted by atomic mass is 35.5. The summed E-state index contributed by atoms with van der Waals surface area (Å²) in [4.78, 5) is 12.4. The molecule has 152 valence electrons. The van der Waals surface area contributed by atoms with Gasteiger partial charge in [-0.1, -0.05) is 22.9 Å². The fraction of sp³-hybridized carbons (Fsp3) is 0.278. The minimum absolute atomic E-state index is 0.0390. The fourth-order valence-corrected chi connectivity index (χ4v) is 3.87. The van der Waals surface area contributed by atoms with Gasteiger partial charge >= 0.3 is 6.18 Å². The summed E-state index contributed by atoms with van der Waals surface area (Å²) in [6, 6.07) is 5.62. The molecule has 4 rings (SSSR count). The molecule has 11 heteroatoms. The molecule has 29 heavy (non-hydrogen) atoms. The number of benzene rings is 1. The van der Waals surface area contributed by atoms with Gasteiger partial charge in [0.15, 0.2) is 5.76 Å². The van der Waals surface area contributed by atoms with Crippen LogP contribution in [-0.4, -0.2) is 22.7 Å². The minimum Gasteiger partial charge on any atom is -0.451 e. The average Bonchev–Trinajstić information content (AvgIpc) is 3.42. The molecule has 0 bridgehead atoms. The van der Waals surface area contributed by atoms with Crippen molar-refractivity contribution in [2.24, 2.45) is 0 Å². The Labute approximate surface area is 171 Å². The predicted octanol–water partition coefficient (Wildman–Crippen LogP) is 5.57. The Balaban J connectivity index is 1.51. The molecule has 0 radical (unpaired) electrons. The van der Waals surface area contributed by atoms with Crippen LogP contribution in [0.2, 0.25) is 5.02 Å². The Bertz CT molecular complexity index is 1040. The lowest BCUT2D eigenvalue weighted by molar-refractivity contribution is -0.137. The van der Waals surface area contributed by atoms with Crippen molar-refractivity contribution in [1.82, 2.24) is 10.2 Å². The van der Waals surface area contributed by atoms with E-state index in [-0.39, 0.29) is 33.3 Å². The van der Waals surface area contributed by atoms with E-state index in [1.54, 1.807) is 0 Å². The van der Waals surface area contributed by atoms with E-state index in [4.69, 9.17) is 20.8 Å². The van der Waals surface area contributed by atoms with Crippen LogP contribution in [0.15, 0.2) is 34.7 Å². The number of anilines is 1. The smallest absolute Gasteiger partial charge is 0.416 e. The minimum atomic E-state index is -4.52. The zero-order valence-corrected chi connectivity index (χ0v) is 16.2. The van der Waals surface area contributed by atoms with Gasteiger partial charge in [0, 0.05) is 12.2 Å². The summed E-state index contributed by atoms with van der Waals surface area (Å²) < 4.78 is 49.8. The molecule has 3 aromatic rings. The number of alkyl halides is 3. The van der Waals surface area contributed by atoms with Crippen molar-refractivity contribution in [2.45, 2.75) is 25.1 Å². The summed E-state index contributed by atoms with van der Waals surface area (Å²) in [6.07, 6.45) is -2.84. The summed E-state index contributed by atoms with van der Waals surface area (Å²) >= 11 is 7.20. The number of amides is 1. The molecule has 3 heterocycles. The van der Waals surface area contributed by atoms with Gasteiger partial charge in [0.1, 0.15) is 16.9 Å². The van der Waals surface area contributed by atoms with Crippen LogP contribution in [0.1, 0.15) is 40.1 Å². The summed E-state index contributed by atoms with van der Waals surface area (Å²) in [7, 11) is 0. The maximum Gasteiger partial charge on any atom is 0.416 e. The molecule has 1 amide bonds. The number of carbonyl (C=O) groups excluding carboxylic acids is 1. The molecule has 0 saturated carbocycles. The molecular weight excluding hydrogens is 431 g/mol. The molecule has 1 aliphatic rings. The number of aromatic nitrogens is 2. The first-order valence-electron chi connectivity index (χ1n) is 8.54. The molecule has 1 aromatic carbocycles. The first-order valence-corrected chi connectivity index (χ1v) is 9.74. The van der Waals surface area contributed by atoms with Crippen LogP contribution in [-0.2, 0) is 10.9 Å². The molecule has 2 aromatic heterocycles. The van der Waals surface area contributed by atoms with E-state index < -0.39 is 17.6 Å². The second kappa shape index (κ2) is 7.77. The molecule has 0 aliphatic carbocycles. The molecule has 1 atom stereocenters. The summed E-state index contributed by atoms with van der Waals surface area (Å²) in [5.74, 6) is -0.653. The Morgan fingerprint density at radius 2 is 2.07 bits per heavy atom. The van der Waals surface area contributed by atoms with Crippen LogP contribution in [0.4, 0.5) is 18.3 Å². The van der Waals surface area contributed by atoms with E-state index in [1.165, 1.54) is 23.5 Å². The van der Waals surface area contributed by atoms with Crippen molar-refractivity contribution >= 4 is 34.0 Å². The molecule has 1 saturated heterocycles. The summed E-state index contributed by atoms with van der Waals surface area (Å²) in [6.45, 7) is 0.666. The summed E-state index contributed by atoms with van der Waals surface area (Å²) in [5.41, 5.74) is -0.827. The Morgan fingerprint density at radius 3 is 2.79 bits per heavy atom. The SMILES string of the molecule is O=C(Nc1nnc(C2CCCO2)s1)c1ccc(-c2cc(C(F)(F)F)ccc2Cl)o1. The highest BCUT2D eigenvalue weighted by Crippen LogP contribution is 2.37. The fourth-order valence-electron chi connectivity index (χ4n) is 2.84. The Kier molecular flexibility index (Phi) is 5.32. The van der Waals surface area contributed by atoms with Crippen LogP contribution >= 0.6 is 22.9 Å². The van der Waals surface area contributed by atoms with Gasteiger partial charge in [-0.3, -0.25) is 10.1 Å². The molecule has 0 spiro atoms. The van der Waals surface area contributed by atoms with E-state index in [0.717, 1.165) is 31.0 Å². The average molecular weight is 444 g/mol. The van der Waals surface area contributed by atoms with Crippen LogP contribution in [0.25, 0.3) is 11.3 Å². The lowest BCUT2D eigenvalue weighted by atomic mass is 10.1. The number of hydrogen-bond acceptors (Lipinski definition) is 6. The van der Waals surface area contributed by atoms with Gasteiger partial charge in [-0.05, 0) is 43.2 Å². The van der Waals surface area contributed by atoms with Gasteiger partial charge in [0.05, 0.1) is 10.6 Å². The van der Waals surface area contributed by atoms with Crippen LogP contribution in [0, 0.1) is 0 Å². The quantitative estimate of drug-likeness (QED) is 0.570. The normalized spacial score (nSPS) is 16.9. The van der Waals surface area contributed by atoms with Crippen LogP contribution in [0.3, 0.4) is 0 Å². The first-order chi connectivity index (χ1) is 13.8. The number of nitrogens with zero attached hydrogens (tertiary/aromatic N) is 2. The molecule has 1 fully saturated rings. The molecule has 1 N–H and O–H groups in total. The number of halogens is 4. The Morgan fingerprint density at radius 1 is 1.24 bits per heavy atom. The van der Waals surface area contributed by atoms with Crippen molar-refractivity contribution in [1.29, 1.82) is 0 Å². The molecule has 1 aliphatic heterocycles. The number of nitrogens with one attached hydrogen (secondary N) is 1. The van der Waals surface area contributed by atoms with E-state index >= 15 is 0 Å². The Hall–Kier alpha value is -2.43. The standard InChI is InChI=1S/C18H13ClF3N3O3S/c19-11-4-3-9(18(20,21)22)8-10(11)12-5-6-13(28-12)15(26)23-17-25-24-16(29-17)14-2-1-7-27-14/h3-6,8,14H,1-2,7H2,(H,23,25,26). The van der Waals surface area contributed by atoms with E-state index in [0.29, 0.717) is 11.6 Å². The molecule has 1 unspecified atom stereocenters. The number of furan rings is 1. The monoisotopic (exact) mass is 443 g/mol. The van der Waals surface area contributed by atoms with Crippen molar-refractivity contribution in [3.8, 4) is 11.3 Å². The zero-order valence-electron chi connectivity index (χ0n) is 14.6. The van der Waals surface area contributed by atoms with Gasteiger partial charge in [-0.15, -0.1) is 10.2 Å². The molecule has 6 nitrogen and oxygen atoms in total. The maximum atomic E-state index is 12.9. The van der Waals surface area contributed by atoms with Gasteiger partial charge in [-0.2, -0.15) is 13.2 Å². The summed E-state index contributed by atoms with van der Waals surface area (Å²) in [5, 5.41) is 11.5. The van der Waals surface area contributed by atoms with Crippen molar-refractivity contribution in [2.75, 3.05) is 11.9 Å². The second-order valence-corrected chi connectivity index (χ2v) is 7.67. The third kappa shape index (κ3) is 4.29. The third-order valence-electron chi connectivity index (χ3n) is 4.26. The largest absolute Gasteiger partial charge is 0.451 e. The van der Waals surface area contributed by atoms with Gasteiger partial charge < -0.3 is 9.15 Å². The lowest BCUT2D eigenvalue weighted by Crippen LogP contribution is -2.10. The van der Waals surface area contributed by atoms with Crippen molar-refractivity contribution in [3.63, 3.8) is 0 Å². The highest BCUT2D eigenvalue weighted by Gasteiger charge is 2.31. The van der Waals surface area contributed by atoms with Gasteiger partial charge in [0.2, 0.25) is 5.13 Å². The van der Waals surface area contributed by atoms with E-state index in [2.05, 4.69) is 15.5 Å². The van der Waals surface area contributed by atoms with E-state index in [9.17, 15) is 18.0 Å². The van der Waals surface area contributed by atoms with Crippen LogP contribution < -0.4 is 5.32 Å². The van der Waals surface area contributed by atoms with Gasteiger partial charge in [0.25, 0.3) is 5.91 Å². The van der Waals surface area contributed by atoms with E-state index in [1.807, 2.05) is 0 Å². The second-order valence-electron chi connectivity index (χ2n) is 6.26. The molecular formula is C18H13ClF3N3O3S. The number of rotatable bonds is 4.